The van der Waals surface area contributed by atoms with E-state index in [1.165, 1.54) is 32.4 Å². The fourth-order valence-electron chi connectivity index (χ4n) is 3.38. The van der Waals surface area contributed by atoms with Crippen molar-refractivity contribution in [3.05, 3.63) is 0 Å². The van der Waals surface area contributed by atoms with E-state index in [4.69, 9.17) is 0 Å². The fraction of sp³-hybridized carbons (Fsp3) is 1.00. The van der Waals surface area contributed by atoms with E-state index in [-0.39, 0.29) is 0 Å². The highest BCUT2D eigenvalue weighted by Crippen LogP contribution is 2.36. The van der Waals surface area contributed by atoms with Gasteiger partial charge in [-0.2, -0.15) is 0 Å². The number of hydrogen-bond donors (Lipinski definition) is 2. The lowest BCUT2D eigenvalue weighted by molar-refractivity contribution is 0.0307. The number of hydrogen-bond acceptors (Lipinski definition) is 3. The van der Waals surface area contributed by atoms with Crippen LogP contribution in [0.3, 0.4) is 0 Å². The van der Waals surface area contributed by atoms with Crippen LogP contribution in [0, 0.1) is 5.92 Å². The van der Waals surface area contributed by atoms with Crippen LogP contribution in [0.5, 0.6) is 0 Å². The molecule has 1 atom stereocenters. The Kier molecular flexibility index (Phi) is 3.88. The maximum atomic E-state index is 3.58. The molecule has 0 aromatic carbocycles. The summed E-state index contributed by atoms with van der Waals surface area (Å²) >= 11 is 0. The first kappa shape index (κ1) is 12.3. The predicted octanol–water partition coefficient (Wildman–Crippen LogP) is 1.06. The SMILES string of the molecule is CNC(C1CCC1)C(C)(C)N1CCNCC1. The van der Waals surface area contributed by atoms with Gasteiger partial charge in [0.05, 0.1) is 0 Å². The molecular weight excluding hydrogens is 198 g/mol. The van der Waals surface area contributed by atoms with Gasteiger partial charge < -0.3 is 10.6 Å². The van der Waals surface area contributed by atoms with E-state index in [0.29, 0.717) is 11.6 Å². The summed E-state index contributed by atoms with van der Waals surface area (Å²) in [5.74, 6) is 0.898. The summed E-state index contributed by atoms with van der Waals surface area (Å²) in [4.78, 5) is 2.66. The van der Waals surface area contributed by atoms with Gasteiger partial charge in [0.1, 0.15) is 0 Å². The molecular formula is C13H27N3. The van der Waals surface area contributed by atoms with Crippen LogP contribution >= 0.6 is 0 Å². The van der Waals surface area contributed by atoms with Crippen LogP contribution in [-0.4, -0.2) is 49.7 Å². The van der Waals surface area contributed by atoms with E-state index in [2.05, 4.69) is 36.4 Å². The van der Waals surface area contributed by atoms with E-state index in [9.17, 15) is 0 Å². The average Bonchev–Trinajstić information content (AvgIpc) is 2.24. The molecule has 0 aromatic rings. The minimum Gasteiger partial charge on any atom is -0.315 e. The van der Waals surface area contributed by atoms with Gasteiger partial charge >= 0.3 is 0 Å². The molecule has 1 aliphatic heterocycles. The van der Waals surface area contributed by atoms with Crippen LogP contribution in [0.2, 0.25) is 0 Å². The second-order valence-corrected chi connectivity index (χ2v) is 5.85. The van der Waals surface area contributed by atoms with Gasteiger partial charge in [0.25, 0.3) is 0 Å². The molecule has 94 valence electrons. The van der Waals surface area contributed by atoms with Gasteiger partial charge in [0, 0.05) is 37.8 Å². The van der Waals surface area contributed by atoms with Gasteiger partial charge in [-0.3, -0.25) is 4.90 Å². The second kappa shape index (κ2) is 5.03. The maximum absolute atomic E-state index is 3.58. The molecule has 2 rings (SSSR count). The van der Waals surface area contributed by atoms with Gasteiger partial charge in [-0.15, -0.1) is 0 Å². The van der Waals surface area contributed by atoms with Gasteiger partial charge in [-0.05, 0) is 39.7 Å². The quantitative estimate of drug-likeness (QED) is 0.749. The van der Waals surface area contributed by atoms with Crippen molar-refractivity contribution in [1.82, 2.24) is 15.5 Å². The second-order valence-electron chi connectivity index (χ2n) is 5.85. The first-order chi connectivity index (χ1) is 7.66. The van der Waals surface area contributed by atoms with Crippen LogP contribution in [0.4, 0.5) is 0 Å². The number of nitrogens with one attached hydrogen (secondary N) is 2. The Morgan fingerprint density at radius 1 is 1.25 bits per heavy atom. The zero-order valence-electron chi connectivity index (χ0n) is 11.1. The van der Waals surface area contributed by atoms with Crippen LogP contribution in [0.25, 0.3) is 0 Å². The Morgan fingerprint density at radius 2 is 1.88 bits per heavy atom. The Labute approximate surface area is 100.0 Å². The molecule has 1 aliphatic carbocycles. The third-order valence-electron chi connectivity index (χ3n) is 4.63. The molecule has 0 aromatic heterocycles. The normalized spacial score (nSPS) is 26.4. The molecule has 2 N–H and O–H groups in total. The van der Waals surface area contributed by atoms with Crippen LogP contribution in [0.15, 0.2) is 0 Å². The van der Waals surface area contributed by atoms with E-state index < -0.39 is 0 Å². The Morgan fingerprint density at radius 3 is 2.31 bits per heavy atom. The van der Waals surface area contributed by atoms with Crippen molar-refractivity contribution < 1.29 is 0 Å². The van der Waals surface area contributed by atoms with Crippen molar-refractivity contribution in [1.29, 1.82) is 0 Å². The predicted molar refractivity (Wildman–Crippen MR) is 68.7 cm³/mol. The minimum atomic E-state index is 0.294. The first-order valence-corrected chi connectivity index (χ1v) is 6.79. The number of rotatable bonds is 4. The third-order valence-corrected chi connectivity index (χ3v) is 4.63. The van der Waals surface area contributed by atoms with Crippen LogP contribution in [-0.2, 0) is 0 Å². The number of likely N-dealkylation sites (N-methyl/N-ethyl adjacent to an activating group) is 1. The lowest BCUT2D eigenvalue weighted by Crippen LogP contribution is -2.64. The summed E-state index contributed by atoms with van der Waals surface area (Å²) in [7, 11) is 2.13. The zero-order valence-corrected chi connectivity index (χ0v) is 11.1. The average molecular weight is 225 g/mol. The van der Waals surface area contributed by atoms with E-state index >= 15 is 0 Å². The van der Waals surface area contributed by atoms with Crippen molar-refractivity contribution in [2.45, 2.75) is 44.7 Å². The van der Waals surface area contributed by atoms with E-state index in [1.54, 1.807) is 0 Å². The number of piperazine rings is 1. The minimum absolute atomic E-state index is 0.294. The lowest BCUT2D eigenvalue weighted by atomic mass is 9.72. The van der Waals surface area contributed by atoms with Crippen LogP contribution < -0.4 is 10.6 Å². The van der Waals surface area contributed by atoms with Crippen molar-refractivity contribution >= 4 is 0 Å². The molecule has 2 fully saturated rings. The molecule has 1 saturated heterocycles. The topological polar surface area (TPSA) is 27.3 Å². The molecule has 16 heavy (non-hydrogen) atoms. The summed E-state index contributed by atoms with van der Waals surface area (Å²) in [5.41, 5.74) is 0.294. The smallest absolute Gasteiger partial charge is 0.0309 e. The van der Waals surface area contributed by atoms with Crippen molar-refractivity contribution in [2.24, 2.45) is 5.92 Å². The Hall–Kier alpha value is -0.120. The summed E-state index contributed by atoms with van der Waals surface area (Å²) in [6.07, 6.45) is 4.27. The van der Waals surface area contributed by atoms with Gasteiger partial charge in [-0.25, -0.2) is 0 Å². The molecule has 3 nitrogen and oxygen atoms in total. The zero-order chi connectivity index (χ0) is 11.6. The monoisotopic (exact) mass is 225 g/mol. The summed E-state index contributed by atoms with van der Waals surface area (Å²) in [6, 6.07) is 0.652. The fourth-order valence-corrected chi connectivity index (χ4v) is 3.38. The maximum Gasteiger partial charge on any atom is 0.0309 e. The molecule has 0 spiro atoms. The summed E-state index contributed by atoms with van der Waals surface area (Å²) in [5, 5.41) is 7.02. The van der Waals surface area contributed by atoms with E-state index in [1.807, 2.05) is 0 Å². The highest BCUT2D eigenvalue weighted by Gasteiger charge is 2.41. The summed E-state index contributed by atoms with van der Waals surface area (Å²) < 4.78 is 0. The third kappa shape index (κ3) is 2.27. The van der Waals surface area contributed by atoms with Gasteiger partial charge in [-0.1, -0.05) is 6.42 Å². The highest BCUT2D eigenvalue weighted by atomic mass is 15.3. The van der Waals surface area contributed by atoms with Crippen molar-refractivity contribution in [3.8, 4) is 0 Å². The molecule has 1 unspecified atom stereocenters. The summed E-state index contributed by atoms with van der Waals surface area (Å²) in [6.45, 7) is 9.50. The molecule has 0 amide bonds. The van der Waals surface area contributed by atoms with E-state index in [0.717, 1.165) is 19.0 Å². The Balaban J connectivity index is 2.01. The standard InChI is InChI=1S/C13H27N3/c1-13(2,16-9-7-15-8-10-16)12(14-3)11-5-4-6-11/h11-12,14-15H,4-10H2,1-3H3. The van der Waals surface area contributed by atoms with Crippen molar-refractivity contribution in [3.63, 3.8) is 0 Å². The molecule has 0 radical (unpaired) electrons. The molecule has 2 aliphatic rings. The first-order valence-electron chi connectivity index (χ1n) is 6.79. The Bertz CT molecular complexity index is 217. The van der Waals surface area contributed by atoms with Crippen molar-refractivity contribution in [2.75, 3.05) is 33.2 Å². The molecule has 1 saturated carbocycles. The van der Waals surface area contributed by atoms with Gasteiger partial charge in [0.15, 0.2) is 0 Å². The molecule has 3 heteroatoms. The lowest BCUT2D eigenvalue weighted by Gasteiger charge is -2.50. The highest BCUT2D eigenvalue weighted by molar-refractivity contribution is 4.99. The molecule has 0 bridgehead atoms. The van der Waals surface area contributed by atoms with Crippen LogP contribution in [0.1, 0.15) is 33.1 Å². The van der Waals surface area contributed by atoms with Gasteiger partial charge in [0.2, 0.25) is 0 Å². The molecule has 1 heterocycles. The number of nitrogens with zero attached hydrogens (tertiary/aromatic N) is 1. The largest absolute Gasteiger partial charge is 0.315 e.